The molecular formula is C9H17NO4. The summed E-state index contributed by atoms with van der Waals surface area (Å²) >= 11 is 0. The third kappa shape index (κ3) is 3.74. The van der Waals surface area contributed by atoms with Gasteiger partial charge in [-0.15, -0.1) is 0 Å². The van der Waals surface area contributed by atoms with Crippen molar-refractivity contribution < 1.29 is 19.1 Å². The number of carbonyl (C=O) groups excluding carboxylic acids is 2. The van der Waals surface area contributed by atoms with Crippen LogP contribution >= 0.6 is 0 Å². The number of esters is 2. The van der Waals surface area contributed by atoms with E-state index in [1.807, 2.05) is 6.92 Å². The van der Waals surface area contributed by atoms with Crippen molar-refractivity contribution in [1.29, 1.82) is 0 Å². The van der Waals surface area contributed by atoms with E-state index in [1.54, 1.807) is 6.92 Å². The van der Waals surface area contributed by atoms with E-state index in [-0.39, 0.29) is 5.97 Å². The molecule has 0 saturated carbocycles. The first-order valence-corrected chi connectivity index (χ1v) is 4.48. The van der Waals surface area contributed by atoms with Gasteiger partial charge in [-0.2, -0.15) is 0 Å². The van der Waals surface area contributed by atoms with Gasteiger partial charge in [0.25, 0.3) is 0 Å². The minimum Gasteiger partial charge on any atom is -0.468 e. The Bertz CT molecular complexity index is 205. The fourth-order valence-electron chi connectivity index (χ4n) is 1.04. The van der Waals surface area contributed by atoms with Crippen molar-refractivity contribution in [1.82, 2.24) is 5.32 Å². The van der Waals surface area contributed by atoms with E-state index in [0.29, 0.717) is 6.42 Å². The fraction of sp³-hybridized carbons (Fsp3) is 0.778. The minimum absolute atomic E-state index is 0.372. The third-order valence-electron chi connectivity index (χ3n) is 1.90. The van der Waals surface area contributed by atoms with E-state index in [2.05, 4.69) is 14.8 Å². The topological polar surface area (TPSA) is 64.6 Å². The van der Waals surface area contributed by atoms with Crippen molar-refractivity contribution in [3.05, 3.63) is 0 Å². The van der Waals surface area contributed by atoms with Gasteiger partial charge in [-0.25, -0.2) is 0 Å². The van der Waals surface area contributed by atoms with Crippen molar-refractivity contribution in [3.8, 4) is 0 Å². The minimum atomic E-state index is -0.510. The molecule has 5 heteroatoms. The average molecular weight is 203 g/mol. The summed E-state index contributed by atoms with van der Waals surface area (Å²) in [7, 11) is 2.62. The summed E-state index contributed by atoms with van der Waals surface area (Å²) < 4.78 is 9.08. The molecule has 0 aromatic heterocycles. The van der Waals surface area contributed by atoms with Gasteiger partial charge in [-0.3, -0.25) is 14.9 Å². The van der Waals surface area contributed by atoms with Crippen molar-refractivity contribution >= 4 is 11.9 Å². The van der Waals surface area contributed by atoms with Crippen molar-refractivity contribution in [2.75, 3.05) is 14.2 Å². The first kappa shape index (κ1) is 12.9. The molecule has 0 radical (unpaired) electrons. The summed E-state index contributed by atoms with van der Waals surface area (Å²) in [6.45, 7) is 3.47. The van der Waals surface area contributed by atoms with Crippen LogP contribution in [0.25, 0.3) is 0 Å². The summed E-state index contributed by atoms with van der Waals surface area (Å²) in [4.78, 5) is 22.2. The average Bonchev–Trinajstić information content (AvgIpc) is 2.22. The second kappa shape index (κ2) is 6.37. The zero-order valence-electron chi connectivity index (χ0n) is 8.99. The Hall–Kier alpha value is -1.10. The predicted octanol–water partition coefficient (Wildman–Crippen LogP) is 0.0891. The van der Waals surface area contributed by atoms with Crippen LogP contribution in [0.1, 0.15) is 20.3 Å². The Morgan fingerprint density at radius 2 is 1.71 bits per heavy atom. The molecule has 1 N–H and O–H groups in total. The van der Waals surface area contributed by atoms with Crippen molar-refractivity contribution in [3.63, 3.8) is 0 Å². The second-order valence-electron chi connectivity index (χ2n) is 2.90. The van der Waals surface area contributed by atoms with Gasteiger partial charge in [-0.05, 0) is 13.3 Å². The molecule has 14 heavy (non-hydrogen) atoms. The number of nitrogens with one attached hydrogen (secondary N) is 1. The molecule has 0 aromatic carbocycles. The molecule has 0 saturated heterocycles. The maximum absolute atomic E-state index is 11.2. The Labute approximate surface area is 83.8 Å². The van der Waals surface area contributed by atoms with Gasteiger partial charge in [0.15, 0.2) is 0 Å². The lowest BCUT2D eigenvalue weighted by Gasteiger charge is -2.18. The zero-order valence-corrected chi connectivity index (χ0v) is 8.99. The van der Waals surface area contributed by atoms with E-state index >= 15 is 0 Å². The van der Waals surface area contributed by atoms with Crippen LogP contribution in [0.3, 0.4) is 0 Å². The van der Waals surface area contributed by atoms with Crippen LogP contribution in [-0.2, 0) is 19.1 Å². The number of hydrogen-bond acceptors (Lipinski definition) is 5. The highest BCUT2D eigenvalue weighted by atomic mass is 16.5. The molecule has 0 spiro atoms. The van der Waals surface area contributed by atoms with E-state index in [1.165, 1.54) is 14.2 Å². The molecule has 0 amide bonds. The molecule has 0 aromatic rings. The normalized spacial score (nSPS) is 14.3. The maximum atomic E-state index is 11.2. The summed E-state index contributed by atoms with van der Waals surface area (Å²) in [5.41, 5.74) is 0. The van der Waals surface area contributed by atoms with Crippen LogP contribution < -0.4 is 5.32 Å². The third-order valence-corrected chi connectivity index (χ3v) is 1.90. The number of methoxy groups -OCH3 is 2. The van der Waals surface area contributed by atoms with E-state index in [0.717, 1.165) is 0 Å². The standard InChI is InChI=1S/C9H17NO4/c1-5-7(9(12)14-4)10-6(2)8(11)13-3/h6-7,10H,5H2,1-4H3/t6-,7?/m0/s1. The molecule has 5 nitrogen and oxygen atoms in total. The first-order chi connectivity index (χ1) is 6.56. The molecule has 0 heterocycles. The lowest BCUT2D eigenvalue weighted by Crippen LogP contribution is -2.46. The Morgan fingerprint density at radius 1 is 1.21 bits per heavy atom. The van der Waals surface area contributed by atoms with Crippen LogP contribution in [-0.4, -0.2) is 38.2 Å². The monoisotopic (exact) mass is 203 g/mol. The molecule has 1 unspecified atom stereocenters. The van der Waals surface area contributed by atoms with Crippen LogP contribution in [0.4, 0.5) is 0 Å². The highest BCUT2D eigenvalue weighted by Gasteiger charge is 2.22. The summed E-state index contributed by atoms with van der Waals surface area (Å²) in [6.07, 6.45) is 0.563. The van der Waals surface area contributed by atoms with E-state index in [9.17, 15) is 9.59 Å². The Kier molecular flexibility index (Phi) is 5.87. The molecule has 0 fully saturated rings. The van der Waals surface area contributed by atoms with Gasteiger partial charge in [0.2, 0.25) is 0 Å². The van der Waals surface area contributed by atoms with Crippen LogP contribution in [0, 0.1) is 0 Å². The molecule has 0 aliphatic carbocycles. The molecule has 0 aliphatic rings. The zero-order chi connectivity index (χ0) is 11.1. The smallest absolute Gasteiger partial charge is 0.322 e. The maximum Gasteiger partial charge on any atom is 0.322 e. The Morgan fingerprint density at radius 3 is 2.07 bits per heavy atom. The van der Waals surface area contributed by atoms with Crippen molar-refractivity contribution in [2.45, 2.75) is 32.4 Å². The number of hydrogen-bond donors (Lipinski definition) is 1. The van der Waals surface area contributed by atoms with Gasteiger partial charge in [0, 0.05) is 0 Å². The van der Waals surface area contributed by atoms with Gasteiger partial charge >= 0.3 is 11.9 Å². The van der Waals surface area contributed by atoms with E-state index < -0.39 is 18.1 Å². The lowest BCUT2D eigenvalue weighted by atomic mass is 10.2. The first-order valence-electron chi connectivity index (χ1n) is 4.48. The Balaban J connectivity index is 4.17. The fourth-order valence-corrected chi connectivity index (χ4v) is 1.04. The quantitative estimate of drug-likeness (QED) is 0.641. The number of ether oxygens (including phenoxy) is 2. The van der Waals surface area contributed by atoms with Crippen LogP contribution in [0.5, 0.6) is 0 Å². The van der Waals surface area contributed by atoms with Gasteiger partial charge < -0.3 is 9.47 Å². The number of rotatable bonds is 5. The predicted molar refractivity (Wildman–Crippen MR) is 50.7 cm³/mol. The molecule has 82 valence electrons. The summed E-state index contributed by atoms with van der Waals surface area (Å²) in [5.74, 6) is -0.768. The van der Waals surface area contributed by atoms with Gasteiger partial charge in [0.05, 0.1) is 14.2 Å². The van der Waals surface area contributed by atoms with Crippen LogP contribution in [0.15, 0.2) is 0 Å². The largest absolute Gasteiger partial charge is 0.468 e. The lowest BCUT2D eigenvalue weighted by molar-refractivity contribution is -0.146. The highest BCUT2D eigenvalue weighted by molar-refractivity contribution is 5.79. The van der Waals surface area contributed by atoms with Crippen LogP contribution in [0.2, 0.25) is 0 Å². The summed E-state index contributed by atoms with van der Waals surface area (Å²) in [5, 5.41) is 2.82. The molecular weight excluding hydrogens is 186 g/mol. The molecule has 2 atom stereocenters. The van der Waals surface area contributed by atoms with Gasteiger partial charge in [0.1, 0.15) is 12.1 Å². The molecule has 0 rings (SSSR count). The second-order valence-corrected chi connectivity index (χ2v) is 2.90. The molecule has 0 bridgehead atoms. The van der Waals surface area contributed by atoms with E-state index in [4.69, 9.17) is 0 Å². The van der Waals surface area contributed by atoms with Crippen molar-refractivity contribution in [2.24, 2.45) is 0 Å². The molecule has 0 aliphatic heterocycles. The number of carbonyl (C=O) groups is 2. The van der Waals surface area contributed by atoms with Gasteiger partial charge in [-0.1, -0.05) is 6.92 Å². The highest BCUT2D eigenvalue weighted by Crippen LogP contribution is 1.97. The SMILES string of the molecule is CCC(N[C@@H](C)C(=O)OC)C(=O)OC. The summed E-state index contributed by atoms with van der Waals surface area (Å²) in [6, 6.07) is -0.974.